The summed E-state index contributed by atoms with van der Waals surface area (Å²) in [4.78, 5) is 19.4. The van der Waals surface area contributed by atoms with Gasteiger partial charge in [0.1, 0.15) is 0 Å². The fraction of sp³-hybridized carbons (Fsp3) is 0.789. The number of hydrogen-bond acceptors (Lipinski definition) is 4. The molecule has 25 heavy (non-hydrogen) atoms. The molecule has 6 heteroatoms. The predicted octanol–water partition coefficient (Wildman–Crippen LogP) is 3.08. The van der Waals surface area contributed by atoms with E-state index in [9.17, 15) is 4.79 Å². The normalized spacial score (nSPS) is 29.8. The molecule has 2 aliphatic rings. The Labute approximate surface area is 154 Å². The number of carbonyl (C=O) groups is 1. The largest absolute Gasteiger partial charge is 0.383 e. The molecule has 0 aliphatic heterocycles. The summed E-state index contributed by atoms with van der Waals surface area (Å²) in [7, 11) is 3.51. The molecular weight excluding hydrogens is 336 g/mol. The minimum absolute atomic E-state index is 0.0676. The molecule has 2 saturated carbocycles. The molecule has 5 nitrogen and oxygen atoms in total. The van der Waals surface area contributed by atoms with Crippen molar-refractivity contribution in [3.63, 3.8) is 0 Å². The number of ether oxygens (including phenoxy) is 2. The Morgan fingerprint density at radius 1 is 1.16 bits per heavy atom. The van der Waals surface area contributed by atoms with Gasteiger partial charge >= 0.3 is 0 Å². The Morgan fingerprint density at radius 3 is 2.44 bits per heavy atom. The van der Waals surface area contributed by atoms with E-state index in [4.69, 9.17) is 9.47 Å². The van der Waals surface area contributed by atoms with Crippen LogP contribution in [0.4, 0.5) is 0 Å². The second kappa shape index (κ2) is 8.14. The first-order valence-corrected chi connectivity index (χ1v) is 10.1. The van der Waals surface area contributed by atoms with Crippen LogP contribution in [0.25, 0.3) is 0 Å². The molecule has 2 unspecified atom stereocenters. The summed E-state index contributed by atoms with van der Waals surface area (Å²) in [5, 5.41) is 0. The number of thiazole rings is 1. The van der Waals surface area contributed by atoms with Gasteiger partial charge in [-0.2, -0.15) is 4.99 Å². The number of rotatable bonds is 5. The number of nitrogens with zero attached hydrogens (tertiary/aromatic N) is 2. The fourth-order valence-corrected chi connectivity index (χ4v) is 5.50. The van der Waals surface area contributed by atoms with Gasteiger partial charge in [0.2, 0.25) is 0 Å². The molecule has 4 atom stereocenters. The molecule has 140 valence electrons. The lowest BCUT2D eigenvalue weighted by Crippen LogP contribution is -2.37. The molecule has 3 rings (SSSR count). The van der Waals surface area contributed by atoms with Gasteiger partial charge in [-0.15, -0.1) is 11.3 Å². The summed E-state index contributed by atoms with van der Waals surface area (Å²) in [6.45, 7) is 5.54. The maximum atomic E-state index is 12.9. The summed E-state index contributed by atoms with van der Waals surface area (Å²) in [5.41, 5.74) is 1.18. The van der Waals surface area contributed by atoms with Crippen LogP contribution >= 0.6 is 11.3 Å². The highest BCUT2D eigenvalue weighted by Crippen LogP contribution is 2.43. The molecular formula is C19H30N2O3S. The molecule has 2 fully saturated rings. The van der Waals surface area contributed by atoms with Crippen LogP contribution in [-0.2, 0) is 20.8 Å². The quantitative estimate of drug-likeness (QED) is 0.805. The van der Waals surface area contributed by atoms with E-state index >= 15 is 0 Å². The first kappa shape index (κ1) is 18.8. The van der Waals surface area contributed by atoms with Gasteiger partial charge in [-0.1, -0.05) is 0 Å². The number of aromatic nitrogens is 1. The van der Waals surface area contributed by atoms with Crippen LogP contribution in [0.15, 0.2) is 4.99 Å². The monoisotopic (exact) mass is 366 g/mol. The third-order valence-electron chi connectivity index (χ3n) is 5.89. The van der Waals surface area contributed by atoms with Gasteiger partial charge in [0.25, 0.3) is 5.91 Å². The summed E-state index contributed by atoms with van der Waals surface area (Å²) in [6.07, 6.45) is 5.79. The maximum absolute atomic E-state index is 12.9. The van der Waals surface area contributed by atoms with Crippen LogP contribution in [-0.4, -0.2) is 37.4 Å². The standard InChI is InChI=1S/C19H30N2O3S/c1-12-13(2)25-19(21(12)5-6-23-3)20-18(22)16-8-14-7-15(9-16)11-17(10-14)24-4/h14-17H,5-11H2,1-4H3/t14-,15+,16?,17?. The van der Waals surface area contributed by atoms with Crippen molar-refractivity contribution in [3.05, 3.63) is 15.4 Å². The zero-order chi connectivity index (χ0) is 18.0. The Kier molecular flexibility index (Phi) is 6.12. The Hall–Kier alpha value is -0.980. The zero-order valence-electron chi connectivity index (χ0n) is 15.8. The van der Waals surface area contributed by atoms with Crippen molar-refractivity contribution < 1.29 is 14.3 Å². The lowest BCUT2D eigenvalue weighted by Gasteiger charge is -2.41. The van der Waals surface area contributed by atoms with Crippen molar-refractivity contribution >= 4 is 17.2 Å². The minimum atomic E-state index is 0.0676. The average molecular weight is 367 g/mol. The zero-order valence-corrected chi connectivity index (χ0v) is 16.6. The highest BCUT2D eigenvalue weighted by atomic mass is 32.1. The predicted molar refractivity (Wildman–Crippen MR) is 98.6 cm³/mol. The second-order valence-corrected chi connectivity index (χ2v) is 8.77. The molecule has 0 saturated heterocycles. The van der Waals surface area contributed by atoms with Crippen LogP contribution in [0, 0.1) is 31.6 Å². The van der Waals surface area contributed by atoms with Crippen LogP contribution in [0.1, 0.15) is 42.7 Å². The molecule has 1 heterocycles. The van der Waals surface area contributed by atoms with Crippen LogP contribution in [0.3, 0.4) is 0 Å². The Balaban J connectivity index is 1.76. The van der Waals surface area contributed by atoms with E-state index in [1.165, 1.54) is 17.0 Å². The maximum Gasteiger partial charge on any atom is 0.251 e. The van der Waals surface area contributed by atoms with E-state index in [1.807, 2.05) is 7.11 Å². The first-order valence-electron chi connectivity index (χ1n) is 9.29. The molecule has 0 spiro atoms. The van der Waals surface area contributed by atoms with Crippen molar-refractivity contribution in [1.82, 2.24) is 4.57 Å². The topological polar surface area (TPSA) is 52.8 Å². The molecule has 0 aromatic carbocycles. The summed E-state index contributed by atoms with van der Waals surface area (Å²) in [6, 6.07) is 0. The molecule has 1 aromatic heterocycles. The van der Waals surface area contributed by atoms with Crippen molar-refractivity contribution in [3.8, 4) is 0 Å². The minimum Gasteiger partial charge on any atom is -0.383 e. The van der Waals surface area contributed by atoms with Gasteiger partial charge in [0, 0.05) is 37.3 Å². The van der Waals surface area contributed by atoms with E-state index in [1.54, 1.807) is 18.4 Å². The average Bonchev–Trinajstić information content (AvgIpc) is 2.85. The van der Waals surface area contributed by atoms with Gasteiger partial charge < -0.3 is 14.0 Å². The highest BCUT2D eigenvalue weighted by molar-refractivity contribution is 7.09. The second-order valence-electron chi connectivity index (χ2n) is 7.59. The van der Waals surface area contributed by atoms with Crippen molar-refractivity contribution in [2.75, 3.05) is 20.8 Å². The fourth-order valence-electron chi connectivity index (χ4n) is 4.50. The summed E-state index contributed by atoms with van der Waals surface area (Å²) < 4.78 is 12.9. The van der Waals surface area contributed by atoms with Crippen molar-refractivity contribution in [1.29, 1.82) is 0 Å². The van der Waals surface area contributed by atoms with Gasteiger partial charge in [-0.25, -0.2) is 0 Å². The summed E-state index contributed by atoms with van der Waals surface area (Å²) in [5.74, 6) is 1.39. The SMILES string of the molecule is COCCn1c(C)c(C)sc1=NC(=O)C1C[C@H]2CC(OC)C[C@@H](C1)C2. The van der Waals surface area contributed by atoms with E-state index in [0.717, 1.165) is 37.0 Å². The number of fused-ring (bicyclic) bond motifs is 2. The Bertz CT molecular complexity index is 665. The number of amides is 1. The smallest absolute Gasteiger partial charge is 0.251 e. The van der Waals surface area contributed by atoms with Crippen LogP contribution < -0.4 is 4.80 Å². The molecule has 2 bridgehead atoms. The van der Waals surface area contributed by atoms with Gasteiger partial charge in [0.05, 0.1) is 12.7 Å². The van der Waals surface area contributed by atoms with Gasteiger partial charge in [-0.05, 0) is 57.8 Å². The molecule has 1 aromatic rings. The highest BCUT2D eigenvalue weighted by Gasteiger charge is 2.38. The van der Waals surface area contributed by atoms with E-state index in [0.29, 0.717) is 24.5 Å². The van der Waals surface area contributed by atoms with Crippen molar-refractivity contribution in [2.45, 2.75) is 58.6 Å². The van der Waals surface area contributed by atoms with Gasteiger partial charge in [0.15, 0.2) is 4.80 Å². The lowest BCUT2D eigenvalue weighted by atomic mass is 9.67. The number of methoxy groups -OCH3 is 2. The molecule has 1 amide bonds. The number of carbonyl (C=O) groups excluding carboxylic acids is 1. The van der Waals surface area contributed by atoms with Crippen LogP contribution in [0.2, 0.25) is 0 Å². The number of aryl methyl sites for hydroxylation is 1. The lowest BCUT2D eigenvalue weighted by molar-refractivity contribution is -0.125. The number of hydrogen-bond donors (Lipinski definition) is 0. The van der Waals surface area contributed by atoms with Crippen molar-refractivity contribution in [2.24, 2.45) is 22.7 Å². The first-order chi connectivity index (χ1) is 12.0. The third kappa shape index (κ3) is 4.23. The molecule has 0 radical (unpaired) electrons. The van der Waals surface area contributed by atoms with E-state index in [-0.39, 0.29) is 11.8 Å². The molecule has 0 N–H and O–H groups in total. The summed E-state index contributed by atoms with van der Waals surface area (Å²) >= 11 is 1.61. The van der Waals surface area contributed by atoms with Gasteiger partial charge in [-0.3, -0.25) is 4.79 Å². The molecule has 2 aliphatic carbocycles. The van der Waals surface area contributed by atoms with E-state index < -0.39 is 0 Å². The Morgan fingerprint density at radius 2 is 1.84 bits per heavy atom. The van der Waals surface area contributed by atoms with Crippen LogP contribution in [0.5, 0.6) is 0 Å². The third-order valence-corrected chi connectivity index (χ3v) is 6.99. The van der Waals surface area contributed by atoms with E-state index in [2.05, 4.69) is 23.4 Å².